The third kappa shape index (κ3) is 2340. The molecule has 59 valence electrons. The normalized spacial score (nSPS) is 6.80. The van der Waals surface area contributed by atoms with E-state index in [1.807, 2.05) is 0 Å². The predicted octanol–water partition coefficient (Wildman–Crippen LogP) is -0.622. The van der Waals surface area contributed by atoms with Crippen molar-refractivity contribution in [2.75, 3.05) is 0 Å². The molecule has 0 amide bonds. The largest absolute Gasteiger partial charge is 0.394 e. The second-order valence-corrected chi connectivity index (χ2v) is 1.57. The fourth-order valence-electron chi connectivity index (χ4n) is 0. The first kappa shape index (κ1) is 16.2. The van der Waals surface area contributed by atoms with E-state index in [4.69, 9.17) is 28.0 Å². The Hall–Kier alpha value is -0.644. The van der Waals surface area contributed by atoms with Gasteiger partial charge in [-0.2, -0.15) is 18.9 Å². The molecule has 0 aromatic heterocycles. The van der Waals surface area contributed by atoms with Gasteiger partial charge in [-0.15, -0.1) is 0 Å². The summed E-state index contributed by atoms with van der Waals surface area (Å²) in [6.07, 6.45) is 0. The van der Waals surface area contributed by atoms with E-state index in [0.29, 0.717) is 0 Å². The molecule has 0 aromatic rings. The zero-order chi connectivity index (χ0) is 7.91. The Morgan fingerprint density at radius 2 is 1.20 bits per heavy atom. The van der Waals surface area contributed by atoms with Gasteiger partial charge >= 0.3 is 10.4 Å². The molecule has 8 heteroatoms. The summed E-state index contributed by atoms with van der Waals surface area (Å²) < 4.78 is 31.6. The van der Waals surface area contributed by atoms with Crippen molar-refractivity contribution < 1.29 is 34.3 Å². The van der Waals surface area contributed by atoms with Crippen molar-refractivity contribution in [1.82, 2.24) is 0 Å². The molecular weight excluding hydrogens is 207 g/mol. The van der Waals surface area contributed by atoms with Crippen LogP contribution in [0.2, 0.25) is 0 Å². The summed E-state index contributed by atoms with van der Waals surface area (Å²) in [6.45, 7) is 0. The van der Waals surface area contributed by atoms with E-state index in [-0.39, 0.29) is 16.8 Å². The van der Waals surface area contributed by atoms with Crippen molar-refractivity contribution in [2.45, 2.75) is 0 Å². The Morgan fingerprint density at radius 3 is 1.20 bits per heavy atom. The fourth-order valence-corrected chi connectivity index (χ4v) is 0. The zero-order valence-electron chi connectivity index (χ0n) is 4.35. The summed E-state index contributed by atoms with van der Waals surface area (Å²) >= 11 is 0. The molecule has 6 nitrogen and oxygen atoms in total. The fraction of sp³-hybridized carbons (Fsp3) is 0. The van der Waals surface area contributed by atoms with Gasteiger partial charge in [-0.25, -0.2) is 0 Å². The van der Waals surface area contributed by atoms with Gasteiger partial charge in [-0.05, 0) is 0 Å². The summed E-state index contributed by atoms with van der Waals surface area (Å²) in [5, 5.41) is 14.5. The van der Waals surface area contributed by atoms with E-state index in [0.717, 1.165) is 0 Å². The second kappa shape index (κ2) is 8.36. The third-order valence-corrected chi connectivity index (χ3v) is 0.0500. The molecule has 0 spiro atoms. The van der Waals surface area contributed by atoms with Crippen molar-refractivity contribution in [2.24, 2.45) is 0 Å². The van der Waals surface area contributed by atoms with E-state index < -0.39 is 10.4 Å². The van der Waals surface area contributed by atoms with Crippen LogP contribution in [0.15, 0.2) is 0 Å². The van der Waals surface area contributed by atoms with Crippen LogP contribution in [-0.4, -0.2) is 17.5 Å². The summed E-state index contributed by atoms with van der Waals surface area (Å²) in [7, 11) is -4.67. The number of nitrogens with zero attached hydrogens (tertiary/aromatic N) is 2. The SMILES string of the molecule is N#CC#N.O=S(=O)(O)O.[Co]. The standard InChI is InChI=1S/C2N2.Co.H2O4S/c3-1-2-4;;1-5(2,3)4/h;;(H2,1,2,3,4). The van der Waals surface area contributed by atoms with Crippen molar-refractivity contribution >= 4 is 10.4 Å². The van der Waals surface area contributed by atoms with E-state index in [1.54, 1.807) is 0 Å². The first-order valence-corrected chi connectivity index (χ1v) is 2.79. The van der Waals surface area contributed by atoms with Crippen LogP contribution in [0.1, 0.15) is 0 Å². The first-order valence-electron chi connectivity index (χ1n) is 1.40. The molecule has 0 fully saturated rings. The van der Waals surface area contributed by atoms with Crippen LogP contribution >= 0.6 is 0 Å². The molecule has 0 aromatic carbocycles. The average molecular weight is 209 g/mol. The molecule has 0 aliphatic carbocycles. The van der Waals surface area contributed by atoms with Gasteiger partial charge in [-0.1, -0.05) is 0 Å². The molecule has 10 heavy (non-hydrogen) atoms. The predicted molar refractivity (Wildman–Crippen MR) is 25.4 cm³/mol. The Labute approximate surface area is 67.8 Å². The van der Waals surface area contributed by atoms with Crippen LogP contribution in [0.25, 0.3) is 0 Å². The van der Waals surface area contributed by atoms with Gasteiger partial charge < -0.3 is 0 Å². The van der Waals surface area contributed by atoms with Gasteiger partial charge in [0.1, 0.15) is 0 Å². The quantitative estimate of drug-likeness (QED) is 0.512. The van der Waals surface area contributed by atoms with Crippen LogP contribution in [0.4, 0.5) is 0 Å². The van der Waals surface area contributed by atoms with Gasteiger partial charge in [0.2, 0.25) is 0 Å². The Balaban J connectivity index is -0.0000000910. The molecule has 2 N–H and O–H groups in total. The maximum absolute atomic E-state index is 8.74. The van der Waals surface area contributed by atoms with E-state index in [9.17, 15) is 0 Å². The molecule has 0 bridgehead atoms. The Bertz CT molecular complexity index is 213. The van der Waals surface area contributed by atoms with Crippen LogP contribution in [0, 0.1) is 22.7 Å². The molecular formula is C2H2CoN2O4S. The molecule has 0 aliphatic heterocycles. The Morgan fingerprint density at radius 1 is 1.10 bits per heavy atom. The molecule has 0 heterocycles. The minimum Gasteiger partial charge on any atom is -0.264 e. The van der Waals surface area contributed by atoms with Gasteiger partial charge in [0.15, 0.2) is 12.1 Å². The van der Waals surface area contributed by atoms with Gasteiger partial charge in [0, 0.05) is 16.8 Å². The minimum absolute atomic E-state index is 0. The van der Waals surface area contributed by atoms with Gasteiger partial charge in [0.05, 0.1) is 0 Å². The third-order valence-electron chi connectivity index (χ3n) is 0.0500. The van der Waals surface area contributed by atoms with Crippen LogP contribution in [-0.2, 0) is 27.2 Å². The van der Waals surface area contributed by atoms with Crippen LogP contribution in [0.3, 0.4) is 0 Å². The molecule has 0 rings (SSSR count). The van der Waals surface area contributed by atoms with Gasteiger partial charge in [-0.3, -0.25) is 9.11 Å². The van der Waals surface area contributed by atoms with Crippen molar-refractivity contribution in [3.05, 3.63) is 0 Å². The number of hydrogen-bond donors (Lipinski definition) is 2. The molecule has 0 atom stereocenters. The van der Waals surface area contributed by atoms with Crippen LogP contribution in [0.5, 0.6) is 0 Å². The topological polar surface area (TPSA) is 122 Å². The maximum Gasteiger partial charge on any atom is 0.394 e. The molecule has 0 aliphatic rings. The zero-order valence-corrected chi connectivity index (χ0v) is 6.20. The van der Waals surface area contributed by atoms with Crippen molar-refractivity contribution in [1.29, 1.82) is 10.5 Å². The number of rotatable bonds is 0. The summed E-state index contributed by atoms with van der Waals surface area (Å²) in [4.78, 5) is 0. The first-order chi connectivity index (χ1) is 3.91. The van der Waals surface area contributed by atoms with Crippen molar-refractivity contribution in [3.8, 4) is 12.1 Å². The molecule has 0 saturated heterocycles. The van der Waals surface area contributed by atoms with E-state index >= 15 is 0 Å². The molecule has 0 saturated carbocycles. The van der Waals surface area contributed by atoms with Gasteiger partial charge in [0.25, 0.3) is 0 Å². The summed E-state index contributed by atoms with van der Waals surface area (Å²) in [6, 6.07) is 2.47. The smallest absolute Gasteiger partial charge is 0.264 e. The van der Waals surface area contributed by atoms with Crippen LogP contribution < -0.4 is 0 Å². The summed E-state index contributed by atoms with van der Waals surface area (Å²) in [5.41, 5.74) is 0. The van der Waals surface area contributed by atoms with E-state index in [2.05, 4.69) is 0 Å². The number of nitriles is 2. The summed E-state index contributed by atoms with van der Waals surface area (Å²) in [5.74, 6) is 0. The molecule has 1 radical (unpaired) electrons. The maximum atomic E-state index is 8.74. The minimum atomic E-state index is -4.67. The molecule has 0 unspecified atom stereocenters. The monoisotopic (exact) mass is 209 g/mol. The second-order valence-electron chi connectivity index (χ2n) is 0.671. The number of hydrogen-bond acceptors (Lipinski definition) is 4. The van der Waals surface area contributed by atoms with E-state index in [1.165, 1.54) is 12.1 Å². The average Bonchev–Trinajstić information content (AvgIpc) is 1.61. The Kier molecular flexibility index (Phi) is 13.5. The van der Waals surface area contributed by atoms with Crippen molar-refractivity contribution in [3.63, 3.8) is 0 Å².